The van der Waals surface area contributed by atoms with Crippen molar-refractivity contribution in [3.05, 3.63) is 34.9 Å². The summed E-state index contributed by atoms with van der Waals surface area (Å²) in [6, 6.07) is 7.85. The quantitative estimate of drug-likeness (QED) is 0.895. The van der Waals surface area contributed by atoms with Crippen molar-refractivity contribution in [2.45, 2.75) is 6.54 Å². The first-order valence-electron chi connectivity index (χ1n) is 5.85. The average Bonchev–Trinajstić information content (AvgIpc) is 2.77. The van der Waals surface area contributed by atoms with E-state index in [-0.39, 0.29) is 5.92 Å². The fraction of sp³-hybridized carbons (Fsp3) is 0.462. The van der Waals surface area contributed by atoms with Crippen LogP contribution in [0.3, 0.4) is 0 Å². The second-order valence-corrected chi connectivity index (χ2v) is 5.45. The summed E-state index contributed by atoms with van der Waals surface area (Å²) < 4.78 is 0. The van der Waals surface area contributed by atoms with Crippen LogP contribution in [0.2, 0.25) is 5.02 Å². The highest BCUT2D eigenvalue weighted by atomic mass is 35.5. The lowest BCUT2D eigenvalue weighted by molar-refractivity contribution is -0.139. The van der Waals surface area contributed by atoms with Crippen LogP contribution in [-0.4, -0.2) is 29.1 Å². The van der Waals surface area contributed by atoms with E-state index in [1.165, 1.54) is 5.56 Å². The summed E-state index contributed by atoms with van der Waals surface area (Å²) in [6.45, 7) is 2.70. The Bertz CT molecular complexity index is 450. The molecule has 0 amide bonds. The number of piperidine rings is 1. The van der Waals surface area contributed by atoms with Gasteiger partial charge in [-0.25, -0.2) is 0 Å². The van der Waals surface area contributed by atoms with E-state index in [1.54, 1.807) is 0 Å². The number of nitrogens with zero attached hydrogens (tertiary/aromatic N) is 1. The molecule has 3 nitrogen and oxygen atoms in total. The smallest absolute Gasteiger partial charge is 0.307 e. The number of benzene rings is 1. The van der Waals surface area contributed by atoms with Crippen molar-refractivity contribution < 1.29 is 9.90 Å². The molecule has 0 aromatic heterocycles. The minimum Gasteiger partial charge on any atom is -0.481 e. The third-order valence-corrected chi connectivity index (χ3v) is 4.09. The maximum absolute atomic E-state index is 10.8. The number of carboxylic acids is 1. The number of carbonyl (C=O) groups is 1. The Morgan fingerprint density at radius 2 is 2.12 bits per heavy atom. The minimum absolute atomic E-state index is 0.0781. The Labute approximate surface area is 105 Å². The first-order valence-corrected chi connectivity index (χ1v) is 6.22. The molecule has 4 heteroatoms. The molecule has 2 aliphatic rings. The van der Waals surface area contributed by atoms with Gasteiger partial charge in [0.2, 0.25) is 0 Å². The number of hydrogen-bond donors (Lipinski definition) is 1. The summed E-state index contributed by atoms with van der Waals surface area (Å²) in [4.78, 5) is 13.2. The van der Waals surface area contributed by atoms with Gasteiger partial charge in [0.25, 0.3) is 0 Å². The standard InChI is InChI=1S/C13H14ClNO2/c14-9-3-1-2-8(4-9)5-15-6-10-11(7-15)12(10)13(16)17/h1-4,10-12H,5-7H2,(H,16,17). The number of hydrogen-bond acceptors (Lipinski definition) is 2. The predicted molar refractivity (Wildman–Crippen MR) is 64.8 cm³/mol. The molecule has 0 radical (unpaired) electrons. The van der Waals surface area contributed by atoms with E-state index in [0.717, 1.165) is 24.7 Å². The molecule has 3 rings (SSSR count). The van der Waals surface area contributed by atoms with Gasteiger partial charge in [-0.15, -0.1) is 0 Å². The number of rotatable bonds is 3. The van der Waals surface area contributed by atoms with Gasteiger partial charge in [0.1, 0.15) is 0 Å². The molecule has 90 valence electrons. The molecular formula is C13H14ClNO2. The minimum atomic E-state index is -0.623. The van der Waals surface area contributed by atoms with Crippen molar-refractivity contribution in [3.63, 3.8) is 0 Å². The molecule has 1 saturated heterocycles. The number of aliphatic carboxylic acids is 1. The topological polar surface area (TPSA) is 40.5 Å². The van der Waals surface area contributed by atoms with Crippen LogP contribution >= 0.6 is 11.6 Å². The highest BCUT2D eigenvalue weighted by Crippen LogP contribution is 2.51. The lowest BCUT2D eigenvalue weighted by Crippen LogP contribution is -2.25. The first-order chi connectivity index (χ1) is 8.15. The fourth-order valence-corrected chi connectivity index (χ4v) is 3.22. The van der Waals surface area contributed by atoms with Gasteiger partial charge in [0, 0.05) is 24.7 Å². The number of carboxylic acid groups (broad SMARTS) is 1. The third-order valence-electron chi connectivity index (χ3n) is 3.85. The Kier molecular flexibility index (Phi) is 2.60. The van der Waals surface area contributed by atoms with Gasteiger partial charge in [0.05, 0.1) is 5.92 Å². The Morgan fingerprint density at radius 1 is 1.41 bits per heavy atom. The van der Waals surface area contributed by atoms with Crippen LogP contribution in [0.25, 0.3) is 0 Å². The van der Waals surface area contributed by atoms with E-state index in [9.17, 15) is 4.79 Å². The SMILES string of the molecule is O=C(O)C1C2CN(Cc3cccc(Cl)c3)CC21. The largest absolute Gasteiger partial charge is 0.481 e. The van der Waals surface area contributed by atoms with Crippen molar-refractivity contribution in [3.8, 4) is 0 Å². The zero-order valence-electron chi connectivity index (χ0n) is 9.34. The predicted octanol–water partition coefficient (Wildman–Crippen LogP) is 2.10. The average molecular weight is 252 g/mol. The first kappa shape index (κ1) is 11.1. The summed E-state index contributed by atoms with van der Waals surface area (Å²) in [5.41, 5.74) is 1.20. The van der Waals surface area contributed by atoms with Crippen LogP contribution < -0.4 is 0 Å². The molecule has 1 N–H and O–H groups in total. The van der Waals surface area contributed by atoms with Crippen molar-refractivity contribution in [2.24, 2.45) is 17.8 Å². The Balaban J connectivity index is 1.58. The van der Waals surface area contributed by atoms with Crippen molar-refractivity contribution >= 4 is 17.6 Å². The normalized spacial score (nSPS) is 31.2. The second kappa shape index (κ2) is 4.00. The summed E-state index contributed by atoms with van der Waals surface area (Å²) in [6.07, 6.45) is 0. The summed E-state index contributed by atoms with van der Waals surface area (Å²) >= 11 is 5.94. The van der Waals surface area contributed by atoms with Gasteiger partial charge >= 0.3 is 5.97 Å². The van der Waals surface area contributed by atoms with Crippen LogP contribution in [0.15, 0.2) is 24.3 Å². The van der Waals surface area contributed by atoms with Crippen LogP contribution in [-0.2, 0) is 11.3 Å². The second-order valence-electron chi connectivity index (χ2n) is 5.02. The Morgan fingerprint density at radius 3 is 2.71 bits per heavy atom. The molecule has 17 heavy (non-hydrogen) atoms. The number of fused-ring (bicyclic) bond motifs is 1. The third kappa shape index (κ3) is 2.05. The van der Waals surface area contributed by atoms with E-state index in [2.05, 4.69) is 11.0 Å². The molecule has 0 spiro atoms. The molecule has 1 saturated carbocycles. The number of likely N-dealkylation sites (tertiary alicyclic amines) is 1. The lowest BCUT2D eigenvalue weighted by atomic mass is 10.2. The molecular weight excluding hydrogens is 238 g/mol. The van der Waals surface area contributed by atoms with Gasteiger partial charge in [-0.3, -0.25) is 9.69 Å². The molecule has 1 aromatic carbocycles. The fourth-order valence-electron chi connectivity index (χ4n) is 3.00. The van der Waals surface area contributed by atoms with Gasteiger partial charge in [0.15, 0.2) is 0 Å². The van der Waals surface area contributed by atoms with Gasteiger partial charge in [-0.05, 0) is 29.5 Å². The lowest BCUT2D eigenvalue weighted by Gasteiger charge is -2.18. The monoisotopic (exact) mass is 251 g/mol. The zero-order valence-corrected chi connectivity index (χ0v) is 10.1. The van der Waals surface area contributed by atoms with Crippen molar-refractivity contribution in [2.75, 3.05) is 13.1 Å². The molecule has 2 atom stereocenters. The van der Waals surface area contributed by atoms with E-state index < -0.39 is 5.97 Å². The maximum atomic E-state index is 10.8. The molecule has 2 unspecified atom stereocenters. The molecule has 1 aromatic rings. The van der Waals surface area contributed by atoms with E-state index in [4.69, 9.17) is 16.7 Å². The summed E-state index contributed by atoms with van der Waals surface area (Å²) in [5.74, 6) is 0.0615. The van der Waals surface area contributed by atoms with Gasteiger partial charge in [-0.1, -0.05) is 23.7 Å². The summed E-state index contributed by atoms with van der Waals surface area (Å²) in [7, 11) is 0. The maximum Gasteiger partial charge on any atom is 0.307 e. The van der Waals surface area contributed by atoms with E-state index in [1.807, 2.05) is 18.2 Å². The van der Waals surface area contributed by atoms with Crippen LogP contribution in [0, 0.1) is 17.8 Å². The summed E-state index contributed by atoms with van der Waals surface area (Å²) in [5, 5.41) is 9.70. The molecule has 1 heterocycles. The van der Waals surface area contributed by atoms with Crippen molar-refractivity contribution in [1.29, 1.82) is 0 Å². The molecule has 1 aliphatic heterocycles. The van der Waals surface area contributed by atoms with E-state index >= 15 is 0 Å². The highest BCUT2D eigenvalue weighted by Gasteiger charge is 2.59. The molecule has 1 aliphatic carbocycles. The number of halogens is 1. The molecule has 0 bridgehead atoms. The highest BCUT2D eigenvalue weighted by molar-refractivity contribution is 6.30. The van der Waals surface area contributed by atoms with Gasteiger partial charge in [-0.2, -0.15) is 0 Å². The van der Waals surface area contributed by atoms with E-state index in [0.29, 0.717) is 11.8 Å². The molecule has 2 fully saturated rings. The van der Waals surface area contributed by atoms with Crippen LogP contribution in [0.1, 0.15) is 5.56 Å². The zero-order chi connectivity index (χ0) is 12.0. The van der Waals surface area contributed by atoms with Gasteiger partial charge < -0.3 is 5.11 Å². The van der Waals surface area contributed by atoms with Crippen LogP contribution in [0.5, 0.6) is 0 Å². The van der Waals surface area contributed by atoms with Crippen LogP contribution in [0.4, 0.5) is 0 Å². The Hall–Kier alpha value is -1.06. The van der Waals surface area contributed by atoms with Crippen molar-refractivity contribution in [1.82, 2.24) is 4.90 Å².